The molecule has 828 valence electrons. The predicted octanol–water partition coefficient (Wildman–Crippen LogP) is 21.7. The van der Waals surface area contributed by atoms with Gasteiger partial charge in [0.2, 0.25) is 23.6 Å². The third kappa shape index (κ3) is 81.3. The van der Waals surface area contributed by atoms with E-state index in [-0.39, 0.29) is 125 Å². The van der Waals surface area contributed by atoms with E-state index < -0.39 is 24.0 Å². The molecule has 8 saturated heterocycles. The molecule has 28 nitrogen and oxygen atoms in total. The van der Waals surface area contributed by atoms with E-state index >= 15 is 0 Å². The number of hydrogen-bond donors (Lipinski definition) is 8. The van der Waals surface area contributed by atoms with Gasteiger partial charge in [-0.15, -0.1) is 0 Å². The van der Waals surface area contributed by atoms with Crippen molar-refractivity contribution in [1.82, 2.24) is 21.3 Å². The molecule has 0 radical (unpaired) electrons. The molecule has 8 fully saturated rings. The van der Waals surface area contributed by atoms with Crippen molar-refractivity contribution in [3.8, 4) is 0 Å². The number of esters is 4. The molecule has 0 aromatic carbocycles. The first-order valence-electron chi connectivity index (χ1n) is 53.2. The Morgan fingerprint density at radius 1 is 0.239 bits per heavy atom. The van der Waals surface area contributed by atoms with E-state index in [1.54, 1.807) is 18.2 Å². The molecule has 0 aliphatic carbocycles. The van der Waals surface area contributed by atoms with Crippen molar-refractivity contribution in [1.29, 1.82) is 0 Å². The van der Waals surface area contributed by atoms with Gasteiger partial charge in [0.15, 0.2) is 6.10 Å². The largest absolute Gasteiger partial charge is 0.469 e. The van der Waals surface area contributed by atoms with Crippen LogP contribution in [0.3, 0.4) is 0 Å². The predicted molar refractivity (Wildman–Crippen MR) is 582 cm³/mol. The van der Waals surface area contributed by atoms with E-state index in [1.807, 2.05) is 79.0 Å². The second-order valence-corrected chi connectivity index (χ2v) is 36.6. The summed E-state index contributed by atoms with van der Waals surface area (Å²) in [4.78, 5) is 95.6. The Hall–Kier alpha value is -6.80. The molecule has 8 rings (SSSR count). The van der Waals surface area contributed by atoms with Crippen LogP contribution in [0, 0.1) is 0 Å². The lowest BCUT2D eigenvalue weighted by atomic mass is 10.1. The number of nitrogens with one attached hydrogen (secondary N) is 4. The van der Waals surface area contributed by atoms with Crippen LogP contribution < -0.4 is 44.2 Å². The summed E-state index contributed by atoms with van der Waals surface area (Å²) in [6, 6.07) is 0. The lowest BCUT2D eigenvalue weighted by Crippen LogP contribution is -2.34. The molecule has 8 heterocycles. The Morgan fingerprint density at radius 2 is 0.408 bits per heavy atom. The number of ether oxygens (including phenoxy) is 12. The average Bonchev–Trinajstić information content (AvgIpc) is 1.75. The Bertz CT molecular complexity index is 3090. The summed E-state index contributed by atoms with van der Waals surface area (Å²) >= 11 is 0. The molecule has 142 heavy (non-hydrogen) atoms. The molecule has 16 unspecified atom stereocenters. The minimum absolute atomic E-state index is 0. The van der Waals surface area contributed by atoms with Crippen molar-refractivity contribution in [3.05, 3.63) is 97.2 Å². The Morgan fingerprint density at radius 3 is 0.577 bits per heavy atom. The summed E-state index contributed by atoms with van der Waals surface area (Å²) < 4.78 is 66.0. The van der Waals surface area contributed by atoms with E-state index in [0.29, 0.717) is 164 Å². The van der Waals surface area contributed by atoms with Gasteiger partial charge in [0, 0.05) is 78.0 Å². The molecule has 0 aromatic heterocycles. The number of epoxide rings is 8. The van der Waals surface area contributed by atoms with Gasteiger partial charge in [0.25, 0.3) is 0 Å². The van der Waals surface area contributed by atoms with Crippen LogP contribution >= 0.6 is 0 Å². The highest BCUT2D eigenvalue weighted by Crippen LogP contribution is 2.37. The third-order valence-electron chi connectivity index (χ3n) is 24.1. The summed E-state index contributed by atoms with van der Waals surface area (Å²) in [5.74, 6) is -1.64. The summed E-state index contributed by atoms with van der Waals surface area (Å²) in [6.45, 7) is 21.4. The van der Waals surface area contributed by atoms with Crippen molar-refractivity contribution in [3.63, 3.8) is 0 Å². The molecule has 0 saturated carbocycles. The van der Waals surface area contributed by atoms with Gasteiger partial charge in [-0.3, -0.25) is 38.4 Å². The van der Waals surface area contributed by atoms with Gasteiger partial charge in [0.05, 0.1) is 130 Å². The maximum Gasteiger partial charge on any atom is 0.310 e. The number of hydrogen-bond acceptors (Lipinski definition) is 24. The number of unbranched alkanes of at least 4 members (excludes halogenated alkanes) is 16. The van der Waals surface area contributed by atoms with Gasteiger partial charge >= 0.3 is 23.9 Å². The lowest BCUT2D eigenvalue weighted by molar-refractivity contribution is -0.165. The zero-order valence-corrected chi connectivity index (χ0v) is 85.5. The van der Waals surface area contributed by atoms with Crippen molar-refractivity contribution < 1.29 is 95.2 Å². The van der Waals surface area contributed by atoms with Crippen LogP contribution in [-0.4, -0.2) is 224 Å². The maximum absolute atomic E-state index is 12.6. The zero-order valence-electron chi connectivity index (χ0n) is 85.5. The Labute approximate surface area is 864 Å². The minimum atomic E-state index is -0.894. The normalized spacial score (nSPS) is 22.5. The van der Waals surface area contributed by atoms with Gasteiger partial charge in [-0.05, 0) is 103 Å². The fraction of sp³-hybridized carbons (Fsp3) is 0.789. The van der Waals surface area contributed by atoms with Gasteiger partial charge in [0.1, 0.15) is 13.2 Å². The summed E-state index contributed by atoms with van der Waals surface area (Å²) in [5.41, 5.74) is 19.6. The summed E-state index contributed by atoms with van der Waals surface area (Å²) in [5, 5.41) is 11.3. The highest BCUT2D eigenvalue weighted by molar-refractivity contribution is 5.79. The van der Waals surface area contributed by atoms with E-state index in [9.17, 15) is 38.4 Å². The van der Waals surface area contributed by atoms with Crippen LogP contribution in [0.4, 0.5) is 0 Å². The van der Waals surface area contributed by atoms with Gasteiger partial charge in [-0.2, -0.15) is 0 Å². The number of carbonyl (C=O) groups is 8. The molecular formula is C114H212N8O20. The van der Waals surface area contributed by atoms with Gasteiger partial charge < -0.3 is 101 Å². The topological polar surface area (TPSA) is 426 Å². The molecule has 28 heteroatoms. The van der Waals surface area contributed by atoms with Crippen LogP contribution in [-0.2, 0) is 95.2 Å². The van der Waals surface area contributed by atoms with Crippen molar-refractivity contribution in [2.24, 2.45) is 22.9 Å². The van der Waals surface area contributed by atoms with E-state index in [1.165, 1.54) is 168 Å². The van der Waals surface area contributed by atoms with Crippen molar-refractivity contribution >= 4 is 47.5 Å². The number of rotatable bonds is 77. The molecule has 16 atom stereocenters. The molecule has 0 bridgehead atoms. The molecule has 0 aromatic rings. The van der Waals surface area contributed by atoms with Crippen molar-refractivity contribution in [2.45, 2.75) is 512 Å². The van der Waals surface area contributed by atoms with Gasteiger partial charge in [-0.1, -0.05) is 351 Å². The maximum atomic E-state index is 12.6. The fourth-order valence-electron chi connectivity index (χ4n) is 15.2. The fourth-order valence-corrected chi connectivity index (χ4v) is 15.2. The standard InChI is InChI=1S/C39H62O9.2C26H44N2O4.C13H22O3.2C2H8N2.6CH4/c1-4-7-10-19-31-34(46-31)22-13-16-25-37(40)43-28-30(45-39(42)27-18-15-24-36-33(48-36)21-12-9-6-3)29-44-38(41)26-17-14-23-35-32(47-35)20-11-8-5-2;2*1-3-5-7-13-21-23(31-21)15-9-11-17-25(29)27-19-20-28-26(30)18-12-10-16-24-22(32-24)14-8-6-4-2;1-3-4-5-8-11-12(16-11)9-6-7-10-13(14)15-2;2*3-1-2-4;;;;;;/h13-18,30-36H,4-12,19-29H2,1-3H3;2*9-12,21-24H,3-8,13-20H2,1-2H3,(H,27,29)(H,28,30);6-7,11-12H,3-5,8-10H2,1-2H3;2*1-4H2;6*1H4/b16-13+,17-14+,18-15+;2*11-9+,12-10+;7-6+;;;;;;;;. The number of nitrogens with two attached hydrogens (primary N) is 4. The highest BCUT2D eigenvalue weighted by Gasteiger charge is 2.42. The molecule has 4 amide bonds. The summed E-state index contributed by atoms with van der Waals surface area (Å²) in [7, 11) is 1.41. The SMILES string of the molecule is C.C.C.C.C.C.CCCCCC1OC1C/C=C/CC(=O)NCCNC(=O)C/C=C/CC1OC1CCCCC.CCCCCC1OC1C/C=C/CC(=O)NCCNC(=O)C/C=C/CC1OC1CCCCC.CCCCCC1OC1C/C=C/CC(=O)OC.CCCCCC1OC1C/C=C/CC(=O)OCC(COC(=O)C/C=C/CC1OC1CCCCC)OC(=O)C/C=C/CC1OC1CCCCC.NCCN.NCCN. The molecule has 8 aliphatic rings. The zero-order chi connectivity index (χ0) is 99.1. The molecule has 12 N–H and O–H groups in total. The first-order chi connectivity index (χ1) is 66.3. The average molecular weight is 2010 g/mol. The van der Waals surface area contributed by atoms with E-state index in [2.05, 4.69) is 81.4 Å². The van der Waals surface area contributed by atoms with Crippen LogP contribution in [0.2, 0.25) is 0 Å². The number of amides is 4. The van der Waals surface area contributed by atoms with Crippen LogP contribution in [0.15, 0.2) is 97.2 Å². The van der Waals surface area contributed by atoms with Crippen LogP contribution in [0.25, 0.3) is 0 Å². The number of methoxy groups -OCH3 is 1. The quantitative estimate of drug-likeness (QED) is 0.00921. The Kier molecular flexibility index (Phi) is 94.8. The van der Waals surface area contributed by atoms with Crippen LogP contribution in [0.5, 0.6) is 0 Å². The summed E-state index contributed by atoms with van der Waals surface area (Å²) in [6.07, 6.45) is 83.3. The number of carbonyl (C=O) groups excluding carboxylic acids is 8. The molecule has 8 aliphatic heterocycles. The van der Waals surface area contributed by atoms with E-state index in [0.717, 1.165) is 96.3 Å². The first kappa shape index (κ1) is 141. The highest BCUT2D eigenvalue weighted by atomic mass is 16.6. The molecule has 0 spiro atoms. The van der Waals surface area contributed by atoms with E-state index in [4.69, 9.17) is 75.0 Å². The second-order valence-electron chi connectivity index (χ2n) is 36.6. The lowest BCUT2D eigenvalue weighted by Gasteiger charge is -2.17. The first-order valence-corrected chi connectivity index (χ1v) is 53.2. The minimum Gasteiger partial charge on any atom is -0.469 e. The van der Waals surface area contributed by atoms with Crippen molar-refractivity contribution in [2.75, 3.05) is 72.7 Å². The second kappa shape index (κ2) is 95.1. The Balaban J connectivity index is -0.000000899. The monoisotopic (exact) mass is 2010 g/mol. The smallest absolute Gasteiger partial charge is 0.310 e. The third-order valence-corrected chi connectivity index (χ3v) is 24.1. The molecular weight excluding hydrogens is 1800 g/mol. The van der Waals surface area contributed by atoms with Crippen LogP contribution in [0.1, 0.15) is 408 Å². The van der Waals surface area contributed by atoms with Gasteiger partial charge in [-0.25, -0.2) is 0 Å².